The molecule has 0 unspecified atom stereocenters. The van der Waals surface area contributed by atoms with Crippen molar-refractivity contribution >= 4 is 11.9 Å². The summed E-state index contributed by atoms with van der Waals surface area (Å²) in [6, 6.07) is 9.84. The molecule has 6 heteroatoms. The summed E-state index contributed by atoms with van der Waals surface area (Å²) < 4.78 is 0. The summed E-state index contributed by atoms with van der Waals surface area (Å²) in [7, 11) is 0. The van der Waals surface area contributed by atoms with Crippen LogP contribution in [0.25, 0.3) is 0 Å². The van der Waals surface area contributed by atoms with Crippen molar-refractivity contribution in [3.8, 4) is 0 Å². The van der Waals surface area contributed by atoms with Crippen LogP contribution in [0.15, 0.2) is 24.3 Å². The lowest BCUT2D eigenvalue weighted by Gasteiger charge is -2.38. The number of carboxylic acid groups (broad SMARTS) is 2. The van der Waals surface area contributed by atoms with Crippen molar-refractivity contribution in [2.75, 3.05) is 26.2 Å². The molecule has 2 fully saturated rings. The fraction of sp³-hybridized carbons (Fsp3) is 0.619. The molecule has 0 atom stereocenters. The molecule has 0 amide bonds. The average Bonchev–Trinajstić information content (AvgIpc) is 2.92. The molecule has 0 radical (unpaired) electrons. The van der Waals surface area contributed by atoms with Crippen molar-refractivity contribution in [2.45, 2.75) is 58.0 Å². The first kappa shape index (κ1) is 21.4. The summed E-state index contributed by atoms with van der Waals surface area (Å²) in [6.07, 6.45) is 8.47. The quantitative estimate of drug-likeness (QED) is 0.790. The van der Waals surface area contributed by atoms with E-state index in [1.54, 1.807) is 0 Å². The van der Waals surface area contributed by atoms with Crippen LogP contribution in [0.5, 0.6) is 0 Å². The molecule has 0 bridgehead atoms. The van der Waals surface area contributed by atoms with Gasteiger partial charge in [-0.3, -0.25) is 4.90 Å². The predicted molar refractivity (Wildman–Crippen MR) is 105 cm³/mol. The molecule has 150 valence electrons. The summed E-state index contributed by atoms with van der Waals surface area (Å²) in [5.74, 6) is -3.65. The number of aliphatic carboxylic acids is 2. The van der Waals surface area contributed by atoms with Crippen LogP contribution in [0.1, 0.15) is 49.7 Å². The van der Waals surface area contributed by atoms with E-state index >= 15 is 0 Å². The van der Waals surface area contributed by atoms with Crippen molar-refractivity contribution < 1.29 is 19.8 Å². The fourth-order valence-corrected chi connectivity index (χ4v) is 3.97. The molecule has 2 N–H and O–H groups in total. The summed E-state index contributed by atoms with van der Waals surface area (Å²) in [4.78, 5) is 23.6. The van der Waals surface area contributed by atoms with Crippen LogP contribution in [-0.4, -0.2) is 64.2 Å². The van der Waals surface area contributed by atoms with Crippen LogP contribution in [0.4, 0.5) is 0 Å². The van der Waals surface area contributed by atoms with Crippen LogP contribution >= 0.6 is 0 Å². The molecule has 6 nitrogen and oxygen atoms in total. The minimum atomic E-state index is -1.82. The van der Waals surface area contributed by atoms with Gasteiger partial charge in [0.2, 0.25) is 0 Å². The third-order valence-electron chi connectivity index (χ3n) is 5.39. The lowest BCUT2D eigenvalue weighted by Crippen LogP contribution is -2.45. The largest absolute Gasteiger partial charge is 0.473 e. The van der Waals surface area contributed by atoms with Crippen LogP contribution in [-0.2, 0) is 16.1 Å². The predicted octanol–water partition coefficient (Wildman–Crippen LogP) is 2.99. The molecule has 0 spiro atoms. The zero-order valence-electron chi connectivity index (χ0n) is 16.3. The standard InChI is InChI=1S/C19H30N2.C2H2O4/c1-17-7-6-8-18(15-17)16-20-13-9-19(10-14-20)21-11-4-2-3-5-12-21;3-1(4)2(5)6/h6-8,15,19H,2-5,9-14,16H2,1H3;(H,3,4)(H,5,6). The Kier molecular flexibility index (Phi) is 8.75. The average molecular weight is 376 g/mol. The Hall–Kier alpha value is -1.92. The molecule has 2 saturated heterocycles. The van der Waals surface area contributed by atoms with Gasteiger partial charge in [-0.25, -0.2) is 9.59 Å². The maximum atomic E-state index is 9.10. The van der Waals surface area contributed by atoms with E-state index in [9.17, 15) is 0 Å². The molecule has 3 rings (SSSR count). The monoisotopic (exact) mass is 376 g/mol. The molecule has 0 saturated carbocycles. The van der Waals surface area contributed by atoms with Gasteiger partial charge in [0.1, 0.15) is 0 Å². The molecule has 1 aromatic carbocycles. The highest BCUT2D eigenvalue weighted by atomic mass is 16.4. The normalized spacial score (nSPS) is 19.6. The molecule has 1 aromatic rings. The third kappa shape index (κ3) is 7.69. The van der Waals surface area contributed by atoms with Crippen LogP contribution in [0.3, 0.4) is 0 Å². The number of carbonyl (C=O) groups is 2. The molecule has 27 heavy (non-hydrogen) atoms. The van der Waals surface area contributed by atoms with Crippen molar-refractivity contribution in [3.05, 3.63) is 35.4 Å². The Morgan fingerprint density at radius 1 is 0.963 bits per heavy atom. The van der Waals surface area contributed by atoms with Gasteiger partial charge < -0.3 is 15.1 Å². The summed E-state index contributed by atoms with van der Waals surface area (Å²) >= 11 is 0. The summed E-state index contributed by atoms with van der Waals surface area (Å²) in [5, 5.41) is 14.8. The molecule has 2 aliphatic heterocycles. The van der Waals surface area contributed by atoms with E-state index in [4.69, 9.17) is 19.8 Å². The topological polar surface area (TPSA) is 81.1 Å². The first-order valence-electron chi connectivity index (χ1n) is 9.94. The van der Waals surface area contributed by atoms with E-state index in [2.05, 4.69) is 41.0 Å². The van der Waals surface area contributed by atoms with E-state index in [1.807, 2.05) is 0 Å². The van der Waals surface area contributed by atoms with Gasteiger partial charge in [-0.2, -0.15) is 0 Å². The number of likely N-dealkylation sites (tertiary alicyclic amines) is 2. The molecular formula is C21H32N2O4. The number of benzene rings is 1. The fourth-order valence-electron chi connectivity index (χ4n) is 3.97. The number of aryl methyl sites for hydroxylation is 1. The van der Waals surface area contributed by atoms with Crippen molar-refractivity contribution in [1.29, 1.82) is 0 Å². The molecule has 0 aliphatic carbocycles. The molecule has 0 aromatic heterocycles. The summed E-state index contributed by atoms with van der Waals surface area (Å²) in [5.41, 5.74) is 2.86. The Morgan fingerprint density at radius 2 is 1.56 bits per heavy atom. The van der Waals surface area contributed by atoms with E-state index < -0.39 is 11.9 Å². The van der Waals surface area contributed by atoms with Crippen LogP contribution < -0.4 is 0 Å². The minimum Gasteiger partial charge on any atom is -0.473 e. The zero-order valence-corrected chi connectivity index (χ0v) is 16.3. The maximum Gasteiger partial charge on any atom is 0.414 e. The van der Waals surface area contributed by atoms with Crippen LogP contribution in [0, 0.1) is 6.92 Å². The second-order valence-electron chi connectivity index (χ2n) is 7.56. The van der Waals surface area contributed by atoms with Gasteiger partial charge >= 0.3 is 11.9 Å². The SMILES string of the molecule is Cc1cccc(CN2CCC(N3CCCCCC3)CC2)c1.O=C(O)C(=O)O. The minimum absolute atomic E-state index is 0.858. The maximum absolute atomic E-state index is 9.10. The van der Waals surface area contributed by atoms with Crippen molar-refractivity contribution in [2.24, 2.45) is 0 Å². The van der Waals surface area contributed by atoms with Gasteiger partial charge in [-0.1, -0.05) is 42.7 Å². The lowest BCUT2D eigenvalue weighted by atomic mass is 10.0. The van der Waals surface area contributed by atoms with Gasteiger partial charge in [0.15, 0.2) is 0 Å². The highest BCUT2D eigenvalue weighted by Gasteiger charge is 2.24. The highest BCUT2D eigenvalue weighted by molar-refractivity contribution is 6.27. The molecule has 2 aliphatic rings. The Balaban J connectivity index is 0.000000380. The number of hydrogen-bond acceptors (Lipinski definition) is 4. The van der Waals surface area contributed by atoms with E-state index in [1.165, 1.54) is 75.8 Å². The first-order chi connectivity index (χ1) is 13.0. The second kappa shape index (κ2) is 11.0. The van der Waals surface area contributed by atoms with E-state index in [0.717, 1.165) is 12.6 Å². The number of piperidine rings is 1. The molecule has 2 heterocycles. The van der Waals surface area contributed by atoms with E-state index in [0.29, 0.717) is 0 Å². The van der Waals surface area contributed by atoms with Gasteiger partial charge in [-0.05, 0) is 64.3 Å². The third-order valence-corrected chi connectivity index (χ3v) is 5.39. The van der Waals surface area contributed by atoms with Crippen LogP contribution in [0.2, 0.25) is 0 Å². The molecular weight excluding hydrogens is 344 g/mol. The van der Waals surface area contributed by atoms with Gasteiger partial charge in [0, 0.05) is 12.6 Å². The Labute approximate surface area is 161 Å². The van der Waals surface area contributed by atoms with Crippen molar-refractivity contribution in [3.63, 3.8) is 0 Å². The number of nitrogens with zero attached hydrogens (tertiary/aromatic N) is 2. The smallest absolute Gasteiger partial charge is 0.414 e. The van der Waals surface area contributed by atoms with Gasteiger partial charge in [0.25, 0.3) is 0 Å². The van der Waals surface area contributed by atoms with E-state index in [-0.39, 0.29) is 0 Å². The highest BCUT2D eigenvalue weighted by Crippen LogP contribution is 2.21. The number of rotatable bonds is 3. The number of hydrogen-bond donors (Lipinski definition) is 2. The Morgan fingerprint density at radius 3 is 2.07 bits per heavy atom. The van der Waals surface area contributed by atoms with Crippen molar-refractivity contribution in [1.82, 2.24) is 9.80 Å². The zero-order chi connectivity index (χ0) is 19.6. The summed E-state index contributed by atoms with van der Waals surface area (Å²) in [6.45, 7) is 8.57. The number of carboxylic acids is 2. The first-order valence-corrected chi connectivity index (χ1v) is 9.94. The van der Waals surface area contributed by atoms with Gasteiger partial charge in [-0.15, -0.1) is 0 Å². The Bertz CT molecular complexity index is 592. The lowest BCUT2D eigenvalue weighted by molar-refractivity contribution is -0.159. The van der Waals surface area contributed by atoms with Gasteiger partial charge in [0.05, 0.1) is 0 Å². The second-order valence-corrected chi connectivity index (χ2v) is 7.56.